The monoisotopic (exact) mass is 288 g/mol. The Morgan fingerprint density at radius 3 is 2.37 bits per heavy atom. The quantitative estimate of drug-likeness (QED) is 0.798. The van der Waals surface area contributed by atoms with Crippen molar-refractivity contribution in [2.75, 3.05) is 37.6 Å². The molecule has 0 aliphatic heterocycles. The maximum Gasteiger partial charge on any atom is 0.204 e. The molecule has 7 nitrogen and oxygen atoms in total. The van der Waals surface area contributed by atoms with Crippen LogP contribution in [-0.4, -0.2) is 50.1 Å². The summed E-state index contributed by atoms with van der Waals surface area (Å²) in [7, 11) is 0.0536. The van der Waals surface area contributed by atoms with Gasteiger partial charge in [0.1, 0.15) is 6.33 Å². The molecular formula is C11H20N4O3S. The van der Waals surface area contributed by atoms with Gasteiger partial charge in [-0.2, -0.15) is 0 Å². The Labute approximate surface area is 113 Å². The van der Waals surface area contributed by atoms with Gasteiger partial charge >= 0.3 is 0 Å². The van der Waals surface area contributed by atoms with Gasteiger partial charge in [-0.15, -0.1) is 0 Å². The smallest absolute Gasteiger partial charge is 0.204 e. The molecule has 0 radical (unpaired) electrons. The van der Waals surface area contributed by atoms with Gasteiger partial charge in [-0.1, -0.05) is 0 Å². The molecule has 0 spiro atoms. The molecule has 1 aromatic heterocycles. The van der Waals surface area contributed by atoms with E-state index in [9.17, 15) is 8.42 Å². The number of methoxy groups -OCH3 is 1. The third kappa shape index (κ3) is 3.46. The zero-order chi connectivity index (χ0) is 14.7. The number of ether oxygens (including phenoxy) is 1. The van der Waals surface area contributed by atoms with Crippen molar-refractivity contribution in [1.29, 1.82) is 0 Å². The largest absolute Gasteiger partial charge is 0.490 e. The highest BCUT2D eigenvalue weighted by Gasteiger charge is 2.30. The molecule has 0 aromatic carbocycles. The lowest BCUT2D eigenvalue weighted by Gasteiger charge is -2.23. The van der Waals surface area contributed by atoms with Crippen LogP contribution >= 0.6 is 0 Å². The molecule has 1 aromatic rings. The van der Waals surface area contributed by atoms with Gasteiger partial charge < -0.3 is 15.4 Å². The second kappa shape index (κ2) is 5.60. The fourth-order valence-corrected chi connectivity index (χ4v) is 1.63. The highest BCUT2D eigenvalue weighted by Crippen LogP contribution is 2.29. The molecule has 0 saturated carbocycles. The third-order valence-corrected chi connectivity index (χ3v) is 5.08. The number of nitrogens with zero attached hydrogens (tertiary/aromatic N) is 2. The van der Waals surface area contributed by atoms with Gasteiger partial charge in [-0.3, -0.25) is 0 Å². The number of nitrogens with one attached hydrogen (secondary N) is 2. The molecule has 0 aliphatic rings. The summed E-state index contributed by atoms with van der Waals surface area (Å²) in [4.78, 5) is 8.08. The van der Waals surface area contributed by atoms with E-state index in [1.54, 1.807) is 20.9 Å². The van der Waals surface area contributed by atoms with Crippen LogP contribution in [0.4, 0.5) is 11.6 Å². The summed E-state index contributed by atoms with van der Waals surface area (Å²) in [5.74, 6) is 1.45. The average Bonchev–Trinajstić information content (AvgIpc) is 2.34. The van der Waals surface area contributed by atoms with E-state index >= 15 is 0 Å². The number of anilines is 2. The van der Waals surface area contributed by atoms with Crippen molar-refractivity contribution in [3.8, 4) is 5.75 Å². The van der Waals surface area contributed by atoms with Crippen molar-refractivity contribution >= 4 is 21.5 Å². The van der Waals surface area contributed by atoms with E-state index in [0.717, 1.165) is 0 Å². The van der Waals surface area contributed by atoms with Crippen LogP contribution < -0.4 is 15.4 Å². The fraction of sp³-hybridized carbons (Fsp3) is 0.636. The summed E-state index contributed by atoms with van der Waals surface area (Å²) in [6, 6.07) is 0. The number of rotatable bonds is 6. The minimum atomic E-state index is -3.17. The van der Waals surface area contributed by atoms with E-state index in [2.05, 4.69) is 20.6 Å². The number of hydrogen-bond acceptors (Lipinski definition) is 7. The van der Waals surface area contributed by atoms with Crippen molar-refractivity contribution in [3.63, 3.8) is 0 Å². The van der Waals surface area contributed by atoms with E-state index in [0.29, 0.717) is 17.4 Å². The van der Waals surface area contributed by atoms with Crippen LogP contribution in [0.5, 0.6) is 5.75 Å². The van der Waals surface area contributed by atoms with Crippen molar-refractivity contribution in [2.24, 2.45) is 0 Å². The molecule has 1 rings (SSSR count). The van der Waals surface area contributed by atoms with Crippen molar-refractivity contribution in [3.05, 3.63) is 6.33 Å². The molecule has 0 amide bonds. The van der Waals surface area contributed by atoms with E-state index in [-0.39, 0.29) is 6.54 Å². The topological polar surface area (TPSA) is 93.2 Å². The first-order chi connectivity index (χ1) is 8.73. The van der Waals surface area contributed by atoms with Gasteiger partial charge in [0, 0.05) is 19.8 Å². The van der Waals surface area contributed by atoms with Crippen LogP contribution in [0.1, 0.15) is 13.8 Å². The Morgan fingerprint density at radius 2 is 1.89 bits per heavy atom. The van der Waals surface area contributed by atoms with Gasteiger partial charge in [0.25, 0.3) is 0 Å². The Kier molecular flexibility index (Phi) is 4.56. The standard InChI is InChI=1S/C11H20N4O3S/c1-11(2,19(5,16)17)6-13-10-8(18-4)9(12-3)14-7-15-10/h7H,6H2,1-5H3,(H2,12,13,14,15). The normalized spacial score (nSPS) is 12.1. The summed E-state index contributed by atoms with van der Waals surface area (Å²) >= 11 is 0. The number of hydrogen-bond donors (Lipinski definition) is 2. The molecule has 0 aliphatic carbocycles. The van der Waals surface area contributed by atoms with Crippen LogP contribution in [0, 0.1) is 0 Å². The highest BCUT2D eigenvalue weighted by molar-refractivity contribution is 7.92. The summed E-state index contributed by atoms with van der Waals surface area (Å²) in [6.45, 7) is 3.53. The Hall–Kier alpha value is -1.57. The first-order valence-corrected chi connectivity index (χ1v) is 7.62. The SMILES string of the molecule is CNc1ncnc(NCC(C)(C)S(C)(=O)=O)c1OC. The summed E-state index contributed by atoms with van der Waals surface area (Å²) < 4.78 is 27.6. The minimum absolute atomic E-state index is 0.225. The Morgan fingerprint density at radius 1 is 1.32 bits per heavy atom. The van der Waals surface area contributed by atoms with Crippen LogP contribution in [0.2, 0.25) is 0 Å². The Bertz CT molecular complexity index is 543. The zero-order valence-electron chi connectivity index (χ0n) is 11.8. The molecule has 8 heteroatoms. The second-order valence-corrected chi connectivity index (χ2v) is 7.39. The molecule has 0 saturated heterocycles. The predicted octanol–water partition coefficient (Wildman–Crippen LogP) is 0.762. The van der Waals surface area contributed by atoms with E-state index in [1.165, 1.54) is 19.7 Å². The molecule has 2 N–H and O–H groups in total. The molecular weight excluding hydrogens is 268 g/mol. The van der Waals surface area contributed by atoms with Crippen molar-refractivity contribution < 1.29 is 13.2 Å². The van der Waals surface area contributed by atoms with Gasteiger partial charge in [0.2, 0.25) is 5.75 Å². The molecule has 0 atom stereocenters. The van der Waals surface area contributed by atoms with Gasteiger partial charge in [0.15, 0.2) is 21.5 Å². The van der Waals surface area contributed by atoms with Gasteiger partial charge in [-0.25, -0.2) is 18.4 Å². The second-order valence-electron chi connectivity index (χ2n) is 4.74. The van der Waals surface area contributed by atoms with Crippen molar-refractivity contribution in [2.45, 2.75) is 18.6 Å². The highest BCUT2D eigenvalue weighted by atomic mass is 32.2. The van der Waals surface area contributed by atoms with Gasteiger partial charge in [0.05, 0.1) is 11.9 Å². The molecule has 19 heavy (non-hydrogen) atoms. The van der Waals surface area contributed by atoms with Gasteiger partial charge in [-0.05, 0) is 13.8 Å². The first-order valence-electron chi connectivity index (χ1n) is 5.73. The van der Waals surface area contributed by atoms with Crippen molar-refractivity contribution in [1.82, 2.24) is 9.97 Å². The summed E-state index contributed by atoms with van der Waals surface area (Å²) in [5, 5.41) is 5.87. The average molecular weight is 288 g/mol. The number of aromatic nitrogens is 2. The maximum atomic E-state index is 11.6. The predicted molar refractivity (Wildman–Crippen MR) is 75.5 cm³/mol. The lowest BCUT2D eigenvalue weighted by atomic mass is 10.2. The lowest BCUT2D eigenvalue weighted by molar-refractivity contribution is 0.414. The van der Waals surface area contributed by atoms with Crippen LogP contribution in [0.3, 0.4) is 0 Å². The third-order valence-electron chi connectivity index (χ3n) is 2.93. The minimum Gasteiger partial charge on any atom is -0.490 e. The fourth-order valence-electron chi connectivity index (χ4n) is 1.30. The van der Waals surface area contributed by atoms with Crippen LogP contribution in [-0.2, 0) is 9.84 Å². The zero-order valence-corrected chi connectivity index (χ0v) is 12.6. The summed E-state index contributed by atoms with van der Waals surface area (Å²) in [5.41, 5.74) is 0. The molecule has 108 valence electrons. The molecule has 1 heterocycles. The van der Waals surface area contributed by atoms with E-state index in [4.69, 9.17) is 4.74 Å². The number of sulfone groups is 1. The first kappa shape index (κ1) is 15.5. The van der Waals surface area contributed by atoms with E-state index < -0.39 is 14.6 Å². The molecule has 0 fully saturated rings. The van der Waals surface area contributed by atoms with E-state index in [1.807, 2.05) is 0 Å². The molecule has 0 unspecified atom stereocenters. The Balaban J connectivity index is 2.96. The van der Waals surface area contributed by atoms with Crippen LogP contribution in [0.25, 0.3) is 0 Å². The maximum absolute atomic E-state index is 11.6. The van der Waals surface area contributed by atoms with Crippen LogP contribution in [0.15, 0.2) is 6.33 Å². The summed E-state index contributed by atoms with van der Waals surface area (Å²) in [6.07, 6.45) is 2.59. The molecule has 0 bridgehead atoms. The lowest BCUT2D eigenvalue weighted by Crippen LogP contribution is -2.38.